The monoisotopic (exact) mass is 662 g/mol. The lowest BCUT2D eigenvalue weighted by molar-refractivity contribution is -0.122. The molecule has 2 fully saturated rings. The number of morpholine rings is 1. The van der Waals surface area contributed by atoms with Gasteiger partial charge in [0.1, 0.15) is 17.2 Å². The molecule has 3 aromatic carbocycles. The van der Waals surface area contributed by atoms with E-state index < -0.39 is 11.6 Å². The van der Waals surface area contributed by atoms with Gasteiger partial charge in [0.2, 0.25) is 5.91 Å². The van der Waals surface area contributed by atoms with Gasteiger partial charge in [0, 0.05) is 56.9 Å². The van der Waals surface area contributed by atoms with Gasteiger partial charge >= 0.3 is 0 Å². The summed E-state index contributed by atoms with van der Waals surface area (Å²) in [6.07, 6.45) is 3.17. The van der Waals surface area contributed by atoms with Crippen LogP contribution in [0.4, 0.5) is 24.5 Å². The molecule has 2 saturated heterocycles. The molecule has 2 N–H and O–H groups in total. The van der Waals surface area contributed by atoms with Crippen molar-refractivity contribution in [2.24, 2.45) is 0 Å². The largest absolute Gasteiger partial charge is 0.484 e. The molecule has 3 aromatic rings. The van der Waals surface area contributed by atoms with Crippen LogP contribution in [0.25, 0.3) is 0 Å². The fraction of sp³-hybridized carbons (Fsp3) is 0.500. The molecule has 0 radical (unpaired) electrons. The van der Waals surface area contributed by atoms with Crippen molar-refractivity contribution < 1.29 is 27.4 Å². The van der Waals surface area contributed by atoms with Crippen molar-refractivity contribution in [3.05, 3.63) is 88.7 Å². The van der Waals surface area contributed by atoms with Crippen LogP contribution in [0.15, 0.2) is 54.6 Å². The van der Waals surface area contributed by atoms with E-state index in [-0.39, 0.29) is 41.1 Å². The third-order valence-corrected chi connectivity index (χ3v) is 10.7. The Hall–Kier alpha value is -3.76. The molecular formula is C38H45F3N4O3. The molecule has 1 aliphatic carbocycles. The summed E-state index contributed by atoms with van der Waals surface area (Å²) in [5, 5.41) is 6.69. The zero-order valence-electron chi connectivity index (χ0n) is 27.8. The topological polar surface area (TPSA) is 66.1 Å². The van der Waals surface area contributed by atoms with Gasteiger partial charge in [-0.2, -0.15) is 0 Å². The van der Waals surface area contributed by atoms with Crippen LogP contribution in [-0.2, 0) is 21.4 Å². The standard InChI is InChI=1S/C38H45F3N4O3/c1-37(2)24-42-34-8-5-29(21-35(34)48-37)45-11-9-38(10-12-45)22-26(30-6-4-27(39)20-31(30)38)19-36(46)43-28(23-44-13-15-47-16-14-44)17-25-3-7-32(40)33(41)18-25/h3-8,18,20-21,26,28,42H,9-17,19,22-24H2,1-2H3,(H,43,46)/t26-,28-/m1/s1. The fourth-order valence-corrected chi connectivity index (χ4v) is 8.18. The minimum atomic E-state index is -0.893. The van der Waals surface area contributed by atoms with Gasteiger partial charge in [0.15, 0.2) is 11.6 Å². The number of nitrogens with one attached hydrogen (secondary N) is 2. The van der Waals surface area contributed by atoms with Gasteiger partial charge in [-0.05, 0) is 104 Å². The minimum Gasteiger partial charge on any atom is -0.484 e. The number of hydrogen-bond acceptors (Lipinski definition) is 6. The van der Waals surface area contributed by atoms with Crippen LogP contribution < -0.4 is 20.3 Å². The van der Waals surface area contributed by atoms with Crippen molar-refractivity contribution in [2.45, 2.75) is 68.9 Å². The molecule has 1 amide bonds. The van der Waals surface area contributed by atoms with Crippen LogP contribution in [-0.4, -0.2) is 74.9 Å². The maximum atomic E-state index is 14.7. The van der Waals surface area contributed by atoms with Crippen molar-refractivity contribution >= 4 is 17.3 Å². The summed E-state index contributed by atoms with van der Waals surface area (Å²) in [5.41, 5.74) is 4.36. The molecule has 0 saturated carbocycles. The summed E-state index contributed by atoms with van der Waals surface area (Å²) in [7, 11) is 0. The number of ether oxygens (including phenoxy) is 2. The first-order valence-electron chi connectivity index (χ1n) is 17.2. The van der Waals surface area contributed by atoms with Crippen LogP contribution in [0.5, 0.6) is 5.75 Å². The molecule has 7 rings (SSSR count). The number of carbonyl (C=O) groups is 1. The smallest absolute Gasteiger partial charge is 0.220 e. The zero-order chi connectivity index (χ0) is 33.5. The first kappa shape index (κ1) is 32.8. The molecule has 0 aromatic heterocycles. The summed E-state index contributed by atoms with van der Waals surface area (Å²) in [6, 6.07) is 15.0. The summed E-state index contributed by atoms with van der Waals surface area (Å²) in [4.78, 5) is 18.3. The van der Waals surface area contributed by atoms with E-state index in [4.69, 9.17) is 9.47 Å². The van der Waals surface area contributed by atoms with Crippen LogP contribution in [0.3, 0.4) is 0 Å². The number of piperidine rings is 1. The fourth-order valence-electron chi connectivity index (χ4n) is 8.18. The van der Waals surface area contributed by atoms with Crippen molar-refractivity contribution in [3.8, 4) is 5.75 Å². The number of amides is 1. The summed E-state index contributed by atoms with van der Waals surface area (Å²) < 4.78 is 54.2. The lowest BCUT2D eigenvalue weighted by Crippen LogP contribution is -2.48. The maximum Gasteiger partial charge on any atom is 0.220 e. The summed E-state index contributed by atoms with van der Waals surface area (Å²) >= 11 is 0. The normalized spacial score (nSPS) is 21.9. The average molecular weight is 663 g/mol. The Morgan fingerprint density at radius 2 is 1.77 bits per heavy atom. The predicted octanol–water partition coefficient (Wildman–Crippen LogP) is 6.16. The van der Waals surface area contributed by atoms with Crippen molar-refractivity contribution in [3.63, 3.8) is 0 Å². The Labute approximate surface area is 280 Å². The number of nitrogens with zero attached hydrogens (tertiary/aromatic N) is 2. The number of halogens is 3. The van der Waals surface area contributed by atoms with Crippen LogP contribution in [0, 0.1) is 17.5 Å². The van der Waals surface area contributed by atoms with Crippen molar-refractivity contribution in [2.75, 3.05) is 62.7 Å². The molecule has 3 aliphatic heterocycles. The molecule has 4 aliphatic rings. The highest BCUT2D eigenvalue weighted by molar-refractivity contribution is 5.78. The van der Waals surface area contributed by atoms with Crippen LogP contribution >= 0.6 is 0 Å². The second kappa shape index (κ2) is 13.3. The Balaban J connectivity index is 1.04. The van der Waals surface area contributed by atoms with Gasteiger partial charge < -0.3 is 25.0 Å². The van der Waals surface area contributed by atoms with E-state index in [0.717, 1.165) is 86.3 Å². The van der Waals surface area contributed by atoms with E-state index in [1.807, 2.05) is 6.07 Å². The van der Waals surface area contributed by atoms with E-state index in [1.165, 1.54) is 12.1 Å². The quantitative estimate of drug-likeness (QED) is 0.301. The van der Waals surface area contributed by atoms with Crippen molar-refractivity contribution in [1.29, 1.82) is 0 Å². The van der Waals surface area contributed by atoms with E-state index in [2.05, 4.69) is 52.5 Å². The van der Waals surface area contributed by atoms with Gasteiger partial charge in [-0.25, -0.2) is 13.2 Å². The van der Waals surface area contributed by atoms with E-state index in [0.29, 0.717) is 31.7 Å². The highest BCUT2D eigenvalue weighted by Gasteiger charge is 2.46. The average Bonchev–Trinajstić information content (AvgIpc) is 3.33. The van der Waals surface area contributed by atoms with Gasteiger partial charge in [-0.3, -0.25) is 9.69 Å². The Kier molecular flexibility index (Phi) is 9.06. The third-order valence-electron chi connectivity index (χ3n) is 10.7. The van der Waals surface area contributed by atoms with Gasteiger partial charge in [-0.15, -0.1) is 0 Å². The number of anilines is 2. The van der Waals surface area contributed by atoms with Crippen molar-refractivity contribution in [1.82, 2.24) is 10.2 Å². The first-order chi connectivity index (χ1) is 23.1. The Bertz CT molecular complexity index is 1650. The van der Waals surface area contributed by atoms with E-state index in [1.54, 1.807) is 12.1 Å². The predicted molar refractivity (Wildman–Crippen MR) is 180 cm³/mol. The van der Waals surface area contributed by atoms with Gasteiger partial charge in [-0.1, -0.05) is 12.1 Å². The highest BCUT2D eigenvalue weighted by Crippen LogP contribution is 2.53. The Morgan fingerprint density at radius 3 is 2.54 bits per heavy atom. The number of benzene rings is 3. The summed E-state index contributed by atoms with van der Waals surface area (Å²) in [6.45, 7) is 9.87. The third kappa shape index (κ3) is 7.01. The number of hydrogen-bond donors (Lipinski definition) is 2. The minimum absolute atomic E-state index is 0.0371. The lowest BCUT2D eigenvalue weighted by Gasteiger charge is -2.42. The molecule has 10 heteroatoms. The number of carbonyl (C=O) groups excluding carboxylic acids is 1. The zero-order valence-corrected chi connectivity index (χ0v) is 27.8. The molecule has 2 atom stereocenters. The molecule has 0 unspecified atom stereocenters. The Morgan fingerprint density at radius 1 is 0.979 bits per heavy atom. The molecule has 256 valence electrons. The maximum absolute atomic E-state index is 14.7. The molecule has 3 heterocycles. The lowest BCUT2D eigenvalue weighted by atomic mass is 9.73. The number of rotatable bonds is 8. The first-order valence-corrected chi connectivity index (χ1v) is 17.2. The van der Waals surface area contributed by atoms with Gasteiger partial charge in [0.05, 0.1) is 25.4 Å². The second-order valence-electron chi connectivity index (χ2n) is 14.6. The van der Waals surface area contributed by atoms with Gasteiger partial charge in [0.25, 0.3) is 0 Å². The highest BCUT2D eigenvalue weighted by atomic mass is 19.2. The van der Waals surface area contributed by atoms with E-state index >= 15 is 0 Å². The molecule has 1 spiro atoms. The summed E-state index contributed by atoms with van der Waals surface area (Å²) in [5.74, 6) is -1.29. The van der Waals surface area contributed by atoms with Crippen LogP contribution in [0.1, 0.15) is 62.1 Å². The number of fused-ring (bicyclic) bond motifs is 3. The van der Waals surface area contributed by atoms with E-state index in [9.17, 15) is 18.0 Å². The SMILES string of the molecule is CC1(C)CNc2ccc(N3CCC4(CC3)C[C@@H](CC(=O)N[C@H](Cc3ccc(F)c(F)c3)CN3CCOCC3)c3ccc(F)cc34)cc2O1. The molecular weight excluding hydrogens is 617 g/mol. The molecule has 7 nitrogen and oxygen atoms in total. The molecule has 0 bridgehead atoms. The second-order valence-corrected chi connectivity index (χ2v) is 14.6. The van der Waals surface area contributed by atoms with Crippen LogP contribution in [0.2, 0.25) is 0 Å². The molecule has 48 heavy (non-hydrogen) atoms.